The first-order chi connectivity index (χ1) is 12.6. The van der Waals surface area contributed by atoms with Gasteiger partial charge in [-0.05, 0) is 83.9 Å². The Balaban J connectivity index is 1.47. The van der Waals surface area contributed by atoms with Crippen molar-refractivity contribution in [3.8, 4) is 5.75 Å². The maximum absolute atomic E-state index is 9.77. The van der Waals surface area contributed by atoms with Gasteiger partial charge < -0.3 is 5.11 Å². The van der Waals surface area contributed by atoms with Gasteiger partial charge in [-0.3, -0.25) is 0 Å². The first kappa shape index (κ1) is 17.1. The number of hydrogen-bond acceptors (Lipinski definition) is 1. The Kier molecular flexibility index (Phi) is 4.72. The molecule has 1 saturated carbocycles. The first-order valence-electron chi connectivity index (χ1n) is 9.89. The SMILES string of the molecule is Cc1cc([C@@H]2CC[C@H](C[C@H](C)c3cccc4ccccc34)C2)ccc1O. The van der Waals surface area contributed by atoms with E-state index in [4.69, 9.17) is 0 Å². The molecule has 1 heteroatoms. The Morgan fingerprint density at radius 3 is 2.65 bits per heavy atom. The van der Waals surface area contributed by atoms with Gasteiger partial charge in [-0.2, -0.15) is 0 Å². The van der Waals surface area contributed by atoms with E-state index in [9.17, 15) is 5.11 Å². The predicted octanol–water partition coefficient (Wildman–Crippen LogP) is 6.93. The van der Waals surface area contributed by atoms with Gasteiger partial charge in [0, 0.05) is 0 Å². The van der Waals surface area contributed by atoms with Crippen molar-refractivity contribution in [2.45, 2.75) is 51.4 Å². The molecule has 1 fully saturated rings. The van der Waals surface area contributed by atoms with Crippen molar-refractivity contribution in [2.24, 2.45) is 5.92 Å². The summed E-state index contributed by atoms with van der Waals surface area (Å²) in [5.41, 5.74) is 3.89. The summed E-state index contributed by atoms with van der Waals surface area (Å²) >= 11 is 0. The number of rotatable bonds is 4. The summed E-state index contributed by atoms with van der Waals surface area (Å²) < 4.78 is 0. The summed E-state index contributed by atoms with van der Waals surface area (Å²) in [7, 11) is 0. The molecule has 0 heterocycles. The molecule has 0 spiro atoms. The average Bonchev–Trinajstić information content (AvgIpc) is 3.12. The van der Waals surface area contributed by atoms with Crippen molar-refractivity contribution in [2.75, 3.05) is 0 Å². The lowest BCUT2D eigenvalue weighted by atomic mass is 9.86. The van der Waals surface area contributed by atoms with E-state index in [2.05, 4.69) is 61.5 Å². The number of phenols is 1. The van der Waals surface area contributed by atoms with Crippen molar-refractivity contribution < 1.29 is 5.11 Å². The van der Waals surface area contributed by atoms with Gasteiger partial charge >= 0.3 is 0 Å². The summed E-state index contributed by atoms with van der Waals surface area (Å²) in [4.78, 5) is 0. The highest BCUT2D eigenvalue weighted by atomic mass is 16.3. The van der Waals surface area contributed by atoms with Crippen molar-refractivity contribution in [1.82, 2.24) is 0 Å². The zero-order valence-corrected chi connectivity index (χ0v) is 15.8. The number of hydrogen-bond donors (Lipinski definition) is 1. The molecule has 26 heavy (non-hydrogen) atoms. The van der Waals surface area contributed by atoms with E-state index in [-0.39, 0.29) is 0 Å². The normalized spacial score (nSPS) is 21.2. The van der Waals surface area contributed by atoms with Crippen LogP contribution in [0.25, 0.3) is 10.8 Å². The second kappa shape index (κ2) is 7.15. The maximum Gasteiger partial charge on any atom is 0.118 e. The summed E-state index contributed by atoms with van der Waals surface area (Å²) in [5.74, 6) is 2.45. The predicted molar refractivity (Wildman–Crippen MR) is 110 cm³/mol. The van der Waals surface area contributed by atoms with Crippen molar-refractivity contribution in [1.29, 1.82) is 0 Å². The zero-order chi connectivity index (χ0) is 18.1. The molecular weight excluding hydrogens is 316 g/mol. The zero-order valence-electron chi connectivity index (χ0n) is 15.8. The van der Waals surface area contributed by atoms with E-state index < -0.39 is 0 Å². The van der Waals surface area contributed by atoms with E-state index >= 15 is 0 Å². The molecule has 3 aromatic carbocycles. The molecule has 4 rings (SSSR count). The molecule has 0 radical (unpaired) electrons. The third-order valence-electron chi connectivity index (χ3n) is 6.27. The van der Waals surface area contributed by atoms with Crippen molar-refractivity contribution in [3.63, 3.8) is 0 Å². The molecule has 0 saturated heterocycles. The number of benzene rings is 3. The fourth-order valence-corrected chi connectivity index (χ4v) is 4.83. The smallest absolute Gasteiger partial charge is 0.118 e. The second-order valence-corrected chi connectivity index (χ2v) is 8.13. The fraction of sp³-hybridized carbons (Fsp3) is 0.360. The summed E-state index contributed by atoms with van der Waals surface area (Å²) in [6.07, 6.45) is 5.14. The van der Waals surface area contributed by atoms with E-state index in [1.165, 1.54) is 47.6 Å². The Labute approximate surface area is 156 Å². The molecule has 1 aliphatic carbocycles. The van der Waals surface area contributed by atoms with Crippen molar-refractivity contribution >= 4 is 10.8 Å². The standard InChI is InChI=1S/C25H28O/c1-17(23-9-5-7-20-6-3-4-8-24(20)23)14-19-10-11-22(16-19)21-12-13-25(26)18(2)15-21/h3-9,12-13,15,17,19,22,26H,10-11,14,16H2,1-2H3/t17-,19+,22+/m0/s1. The molecule has 0 bridgehead atoms. The van der Waals surface area contributed by atoms with E-state index in [1.807, 2.05) is 13.0 Å². The van der Waals surface area contributed by atoms with Crippen LogP contribution < -0.4 is 0 Å². The van der Waals surface area contributed by atoms with Gasteiger partial charge in [0.2, 0.25) is 0 Å². The van der Waals surface area contributed by atoms with Crippen LogP contribution >= 0.6 is 0 Å². The molecule has 134 valence electrons. The number of aromatic hydroxyl groups is 1. The van der Waals surface area contributed by atoms with Gasteiger partial charge in [0.25, 0.3) is 0 Å². The van der Waals surface area contributed by atoms with E-state index in [1.54, 1.807) is 0 Å². The topological polar surface area (TPSA) is 20.2 Å². The van der Waals surface area contributed by atoms with E-state index in [0.29, 0.717) is 17.6 Å². The lowest BCUT2D eigenvalue weighted by Crippen LogP contribution is -2.03. The summed E-state index contributed by atoms with van der Waals surface area (Å²) in [5, 5.41) is 12.5. The number of aryl methyl sites for hydroxylation is 1. The fourth-order valence-electron chi connectivity index (χ4n) is 4.83. The van der Waals surface area contributed by atoms with Gasteiger partial charge in [-0.15, -0.1) is 0 Å². The minimum atomic E-state index is 0.410. The molecule has 1 nitrogen and oxygen atoms in total. The molecule has 3 atom stereocenters. The van der Waals surface area contributed by atoms with Gasteiger partial charge in [-0.1, -0.05) is 61.5 Å². The largest absolute Gasteiger partial charge is 0.508 e. The van der Waals surface area contributed by atoms with Crippen LogP contribution in [0.5, 0.6) is 5.75 Å². The molecule has 1 aliphatic rings. The van der Waals surface area contributed by atoms with Crippen molar-refractivity contribution in [3.05, 3.63) is 77.4 Å². The van der Waals surface area contributed by atoms with Gasteiger partial charge in [0.15, 0.2) is 0 Å². The minimum absolute atomic E-state index is 0.410. The summed E-state index contributed by atoms with van der Waals surface area (Å²) in [6.45, 7) is 4.38. The van der Waals surface area contributed by atoms with Crippen LogP contribution in [0.3, 0.4) is 0 Å². The van der Waals surface area contributed by atoms with Crippen LogP contribution in [0.2, 0.25) is 0 Å². The quantitative estimate of drug-likeness (QED) is 0.544. The van der Waals surface area contributed by atoms with Crippen LogP contribution in [0.4, 0.5) is 0 Å². The average molecular weight is 344 g/mol. The lowest BCUT2D eigenvalue weighted by molar-refractivity contribution is 0.455. The third kappa shape index (κ3) is 3.35. The lowest BCUT2D eigenvalue weighted by Gasteiger charge is -2.19. The molecule has 0 unspecified atom stereocenters. The molecule has 1 N–H and O–H groups in total. The molecule has 0 amide bonds. The number of fused-ring (bicyclic) bond motifs is 1. The van der Waals surface area contributed by atoms with Gasteiger partial charge in [0.1, 0.15) is 5.75 Å². The maximum atomic E-state index is 9.77. The highest BCUT2D eigenvalue weighted by Crippen LogP contribution is 2.43. The van der Waals surface area contributed by atoms with Crippen LogP contribution in [0.1, 0.15) is 61.1 Å². The van der Waals surface area contributed by atoms with E-state index in [0.717, 1.165) is 11.5 Å². The second-order valence-electron chi connectivity index (χ2n) is 8.13. The first-order valence-corrected chi connectivity index (χ1v) is 9.89. The minimum Gasteiger partial charge on any atom is -0.508 e. The molecule has 0 aliphatic heterocycles. The van der Waals surface area contributed by atoms with Crippen LogP contribution in [-0.4, -0.2) is 5.11 Å². The van der Waals surface area contributed by atoms with Crippen LogP contribution in [0, 0.1) is 12.8 Å². The molecule has 3 aromatic rings. The highest BCUT2D eigenvalue weighted by molar-refractivity contribution is 5.86. The Morgan fingerprint density at radius 1 is 1.00 bits per heavy atom. The highest BCUT2D eigenvalue weighted by Gasteiger charge is 2.27. The van der Waals surface area contributed by atoms with Gasteiger partial charge in [0.05, 0.1) is 0 Å². The van der Waals surface area contributed by atoms with Crippen LogP contribution in [-0.2, 0) is 0 Å². The molecule has 0 aromatic heterocycles. The van der Waals surface area contributed by atoms with Gasteiger partial charge in [-0.25, -0.2) is 0 Å². The number of phenolic OH excluding ortho intramolecular Hbond substituents is 1. The monoisotopic (exact) mass is 344 g/mol. The Bertz CT molecular complexity index is 906. The Hall–Kier alpha value is -2.28. The molecular formula is C25H28O. The van der Waals surface area contributed by atoms with Crippen LogP contribution in [0.15, 0.2) is 60.7 Å². The summed E-state index contributed by atoms with van der Waals surface area (Å²) in [6, 6.07) is 21.6. The third-order valence-corrected chi connectivity index (χ3v) is 6.27. The Morgan fingerprint density at radius 2 is 1.81 bits per heavy atom.